The number of nitriles is 1. The molecule has 1 aliphatic carbocycles. The second-order valence-corrected chi connectivity index (χ2v) is 4.74. The molecule has 0 atom stereocenters. The van der Waals surface area contributed by atoms with Gasteiger partial charge in [0.2, 0.25) is 5.91 Å². The summed E-state index contributed by atoms with van der Waals surface area (Å²) in [5.41, 5.74) is 0.970. The molecule has 0 bridgehead atoms. The van der Waals surface area contributed by atoms with E-state index in [4.69, 9.17) is 16.9 Å². The largest absolute Gasteiger partial charge is 0.326 e. The number of carbonyl (C=O) groups is 1. The van der Waals surface area contributed by atoms with Crippen molar-refractivity contribution in [3.05, 3.63) is 28.8 Å². The zero-order valence-corrected chi connectivity index (χ0v) is 10.6. The van der Waals surface area contributed by atoms with Crippen LogP contribution in [0.25, 0.3) is 0 Å². The van der Waals surface area contributed by atoms with Gasteiger partial charge in [-0.3, -0.25) is 4.79 Å². The Morgan fingerprint density at radius 2 is 2.28 bits per heavy atom. The summed E-state index contributed by atoms with van der Waals surface area (Å²) in [5.74, 6) is -0.0608. The number of nitrogens with zero attached hydrogens (tertiary/aromatic N) is 1. The van der Waals surface area contributed by atoms with Gasteiger partial charge in [-0.05, 0) is 31.0 Å². The number of rotatable bonds is 5. The van der Waals surface area contributed by atoms with E-state index < -0.39 is 0 Å². The first-order chi connectivity index (χ1) is 8.69. The smallest absolute Gasteiger partial charge is 0.225 e. The molecule has 1 saturated carbocycles. The SMILES string of the molecule is N#Cc1cc(NC(=O)CCNC2CC2)ccc1Cl. The van der Waals surface area contributed by atoms with E-state index >= 15 is 0 Å². The van der Waals surface area contributed by atoms with Gasteiger partial charge < -0.3 is 10.6 Å². The van der Waals surface area contributed by atoms with Crippen molar-refractivity contribution in [3.63, 3.8) is 0 Å². The Kier molecular flexibility index (Phi) is 4.19. The molecule has 0 saturated heterocycles. The van der Waals surface area contributed by atoms with Crippen molar-refractivity contribution in [2.75, 3.05) is 11.9 Å². The molecule has 0 aliphatic heterocycles. The maximum Gasteiger partial charge on any atom is 0.225 e. The fraction of sp³-hybridized carbons (Fsp3) is 0.385. The van der Waals surface area contributed by atoms with Crippen LogP contribution in [0.1, 0.15) is 24.8 Å². The van der Waals surface area contributed by atoms with Gasteiger partial charge in [-0.25, -0.2) is 0 Å². The molecule has 1 amide bonds. The molecule has 18 heavy (non-hydrogen) atoms. The lowest BCUT2D eigenvalue weighted by molar-refractivity contribution is -0.116. The number of hydrogen-bond donors (Lipinski definition) is 2. The van der Waals surface area contributed by atoms with E-state index in [-0.39, 0.29) is 5.91 Å². The van der Waals surface area contributed by atoms with Crippen LogP contribution in [0.4, 0.5) is 5.69 Å². The van der Waals surface area contributed by atoms with E-state index in [0.29, 0.717) is 35.3 Å². The van der Waals surface area contributed by atoms with Crippen LogP contribution in [0.5, 0.6) is 0 Å². The molecule has 0 aromatic heterocycles. The number of benzene rings is 1. The Morgan fingerprint density at radius 1 is 1.50 bits per heavy atom. The van der Waals surface area contributed by atoms with E-state index in [9.17, 15) is 4.79 Å². The van der Waals surface area contributed by atoms with E-state index in [2.05, 4.69) is 10.6 Å². The van der Waals surface area contributed by atoms with Gasteiger partial charge in [-0.15, -0.1) is 0 Å². The Bertz CT molecular complexity index is 491. The minimum Gasteiger partial charge on any atom is -0.326 e. The molecule has 1 aliphatic rings. The summed E-state index contributed by atoms with van der Waals surface area (Å²) < 4.78 is 0. The van der Waals surface area contributed by atoms with Crippen molar-refractivity contribution in [3.8, 4) is 6.07 Å². The zero-order valence-electron chi connectivity index (χ0n) is 9.87. The summed E-state index contributed by atoms with van der Waals surface area (Å²) in [4.78, 5) is 11.6. The molecule has 2 N–H and O–H groups in total. The molecule has 2 rings (SSSR count). The molecular formula is C13H14ClN3O. The van der Waals surface area contributed by atoms with E-state index in [1.54, 1.807) is 18.2 Å². The third kappa shape index (κ3) is 3.73. The molecule has 94 valence electrons. The van der Waals surface area contributed by atoms with Crippen molar-refractivity contribution in [1.29, 1.82) is 5.26 Å². The average Bonchev–Trinajstić information content (AvgIpc) is 3.15. The van der Waals surface area contributed by atoms with Gasteiger partial charge in [0.1, 0.15) is 6.07 Å². The van der Waals surface area contributed by atoms with E-state index in [1.165, 1.54) is 12.8 Å². The first-order valence-electron chi connectivity index (χ1n) is 5.92. The van der Waals surface area contributed by atoms with Crippen molar-refractivity contribution in [1.82, 2.24) is 5.32 Å². The maximum absolute atomic E-state index is 11.6. The van der Waals surface area contributed by atoms with E-state index in [0.717, 1.165) is 0 Å². The number of carbonyl (C=O) groups excluding carboxylic acids is 1. The standard InChI is InChI=1S/C13H14ClN3O/c14-12-4-3-11(7-9(12)8-15)17-13(18)5-6-16-10-1-2-10/h3-4,7,10,16H,1-2,5-6H2,(H,17,18). The highest BCUT2D eigenvalue weighted by Gasteiger charge is 2.20. The molecule has 4 nitrogen and oxygen atoms in total. The van der Waals surface area contributed by atoms with Crippen LogP contribution in [-0.2, 0) is 4.79 Å². The quantitative estimate of drug-likeness (QED) is 0.857. The van der Waals surface area contributed by atoms with Crippen LogP contribution < -0.4 is 10.6 Å². The molecule has 1 aromatic carbocycles. The number of amides is 1. The lowest BCUT2D eigenvalue weighted by Gasteiger charge is -2.06. The van der Waals surface area contributed by atoms with Crippen LogP contribution in [0, 0.1) is 11.3 Å². The monoisotopic (exact) mass is 263 g/mol. The Morgan fingerprint density at radius 3 is 2.94 bits per heavy atom. The van der Waals surface area contributed by atoms with Gasteiger partial charge in [0.15, 0.2) is 0 Å². The average molecular weight is 264 g/mol. The third-order valence-electron chi connectivity index (χ3n) is 2.73. The minimum absolute atomic E-state index is 0.0608. The topological polar surface area (TPSA) is 64.9 Å². The normalized spacial score (nSPS) is 14.0. The maximum atomic E-state index is 11.6. The summed E-state index contributed by atoms with van der Waals surface area (Å²) >= 11 is 5.81. The second-order valence-electron chi connectivity index (χ2n) is 4.33. The fourth-order valence-corrected chi connectivity index (χ4v) is 1.75. The van der Waals surface area contributed by atoms with Gasteiger partial charge >= 0.3 is 0 Å². The predicted molar refractivity (Wildman–Crippen MR) is 70.4 cm³/mol. The number of anilines is 1. The van der Waals surface area contributed by atoms with Crippen LogP contribution in [0.2, 0.25) is 5.02 Å². The molecular weight excluding hydrogens is 250 g/mol. The molecule has 1 aromatic rings. The van der Waals surface area contributed by atoms with Crippen LogP contribution in [0.15, 0.2) is 18.2 Å². The summed E-state index contributed by atoms with van der Waals surface area (Å²) in [6.07, 6.45) is 2.86. The molecule has 0 spiro atoms. The number of halogens is 1. The second kappa shape index (κ2) is 5.85. The summed E-state index contributed by atoms with van der Waals surface area (Å²) in [6.45, 7) is 0.690. The number of hydrogen-bond acceptors (Lipinski definition) is 3. The highest BCUT2D eigenvalue weighted by molar-refractivity contribution is 6.31. The van der Waals surface area contributed by atoms with Gasteiger partial charge in [0.05, 0.1) is 10.6 Å². The first kappa shape index (κ1) is 12.9. The molecule has 0 heterocycles. The fourth-order valence-electron chi connectivity index (χ4n) is 1.59. The van der Waals surface area contributed by atoms with Gasteiger partial charge in [-0.1, -0.05) is 11.6 Å². The Labute approximate surface area is 111 Å². The highest BCUT2D eigenvalue weighted by Crippen LogP contribution is 2.20. The zero-order chi connectivity index (χ0) is 13.0. The van der Waals surface area contributed by atoms with Gasteiger partial charge in [-0.2, -0.15) is 5.26 Å². The highest BCUT2D eigenvalue weighted by atomic mass is 35.5. The number of nitrogens with one attached hydrogen (secondary N) is 2. The molecule has 5 heteroatoms. The van der Waals surface area contributed by atoms with Crippen LogP contribution in [0.3, 0.4) is 0 Å². The summed E-state index contributed by atoms with van der Waals surface area (Å²) in [7, 11) is 0. The van der Waals surface area contributed by atoms with Crippen LogP contribution >= 0.6 is 11.6 Å². The molecule has 0 radical (unpaired) electrons. The lowest BCUT2D eigenvalue weighted by atomic mass is 10.2. The Balaban J connectivity index is 1.84. The van der Waals surface area contributed by atoms with Crippen LogP contribution in [-0.4, -0.2) is 18.5 Å². The first-order valence-corrected chi connectivity index (χ1v) is 6.29. The summed E-state index contributed by atoms with van der Waals surface area (Å²) in [6, 6.07) is 7.47. The predicted octanol–water partition coefficient (Wildman–Crippen LogP) is 2.29. The van der Waals surface area contributed by atoms with Crippen molar-refractivity contribution in [2.45, 2.75) is 25.3 Å². The molecule has 1 fully saturated rings. The third-order valence-corrected chi connectivity index (χ3v) is 3.06. The summed E-state index contributed by atoms with van der Waals surface area (Å²) in [5, 5.41) is 15.2. The Hall–Kier alpha value is -1.57. The van der Waals surface area contributed by atoms with Gasteiger partial charge in [0, 0.05) is 24.7 Å². The van der Waals surface area contributed by atoms with Crippen molar-refractivity contribution < 1.29 is 4.79 Å². The van der Waals surface area contributed by atoms with E-state index in [1.807, 2.05) is 6.07 Å². The minimum atomic E-state index is -0.0608. The van der Waals surface area contributed by atoms with Crippen molar-refractivity contribution in [2.24, 2.45) is 0 Å². The van der Waals surface area contributed by atoms with Gasteiger partial charge in [0.25, 0.3) is 0 Å². The molecule has 0 unspecified atom stereocenters. The van der Waals surface area contributed by atoms with Crippen molar-refractivity contribution >= 4 is 23.2 Å². The lowest BCUT2D eigenvalue weighted by Crippen LogP contribution is -2.23.